The molecule has 1 amide bonds. The van der Waals surface area contributed by atoms with E-state index >= 15 is 0 Å². The summed E-state index contributed by atoms with van der Waals surface area (Å²) in [4.78, 5) is 36.2. The van der Waals surface area contributed by atoms with E-state index < -0.39 is 29.2 Å². The monoisotopic (exact) mass is 424 g/mol. The SMILES string of the molecule is CCCCOc1cc([N+](=O)[O-])c(C(=O)N(/C=C(\CC)CC(=O)OC)CO)cc1OC. The van der Waals surface area contributed by atoms with Gasteiger partial charge in [-0.25, -0.2) is 0 Å². The summed E-state index contributed by atoms with van der Waals surface area (Å²) in [6, 6.07) is 2.35. The number of nitro groups is 1. The molecule has 30 heavy (non-hydrogen) atoms. The number of ether oxygens (including phenoxy) is 3. The summed E-state index contributed by atoms with van der Waals surface area (Å²) in [5.41, 5.74) is -0.248. The molecular formula is C20H28N2O8. The third-order valence-electron chi connectivity index (χ3n) is 4.27. The number of nitrogens with zero attached hydrogens (tertiary/aromatic N) is 2. The summed E-state index contributed by atoms with van der Waals surface area (Å²) in [5.74, 6) is -1.01. The molecule has 1 N–H and O–H groups in total. The summed E-state index contributed by atoms with van der Waals surface area (Å²) in [5, 5.41) is 21.2. The molecule has 0 saturated carbocycles. The van der Waals surface area contributed by atoms with E-state index in [0.29, 0.717) is 18.6 Å². The van der Waals surface area contributed by atoms with Crippen molar-refractivity contribution in [2.45, 2.75) is 39.5 Å². The van der Waals surface area contributed by atoms with Crippen LogP contribution in [0.2, 0.25) is 0 Å². The van der Waals surface area contributed by atoms with Gasteiger partial charge in [0.25, 0.3) is 11.6 Å². The molecule has 0 aliphatic heterocycles. The highest BCUT2D eigenvalue weighted by Crippen LogP contribution is 2.35. The fourth-order valence-electron chi connectivity index (χ4n) is 2.53. The molecule has 0 atom stereocenters. The summed E-state index contributed by atoms with van der Waals surface area (Å²) >= 11 is 0. The number of benzene rings is 1. The number of carbonyl (C=O) groups excluding carboxylic acids is 2. The van der Waals surface area contributed by atoms with Gasteiger partial charge in [-0.3, -0.25) is 24.6 Å². The molecule has 0 bridgehead atoms. The van der Waals surface area contributed by atoms with Gasteiger partial charge in [0, 0.05) is 12.3 Å². The maximum absolute atomic E-state index is 13.0. The number of unbranched alkanes of at least 4 members (excludes halogenated alkanes) is 1. The highest BCUT2D eigenvalue weighted by Gasteiger charge is 2.27. The summed E-state index contributed by atoms with van der Waals surface area (Å²) in [6.45, 7) is 3.35. The largest absolute Gasteiger partial charge is 0.493 e. The quantitative estimate of drug-likeness (QED) is 0.178. The van der Waals surface area contributed by atoms with Crippen LogP contribution in [0.1, 0.15) is 49.9 Å². The van der Waals surface area contributed by atoms with Crippen molar-refractivity contribution in [2.75, 3.05) is 27.6 Å². The van der Waals surface area contributed by atoms with Gasteiger partial charge in [-0.05, 0) is 18.4 Å². The van der Waals surface area contributed by atoms with Gasteiger partial charge in [-0.2, -0.15) is 0 Å². The molecular weight excluding hydrogens is 396 g/mol. The molecule has 166 valence electrons. The second kappa shape index (κ2) is 12.4. The smallest absolute Gasteiger partial charge is 0.309 e. The Morgan fingerprint density at radius 1 is 1.23 bits per heavy atom. The van der Waals surface area contributed by atoms with E-state index in [4.69, 9.17) is 9.47 Å². The summed E-state index contributed by atoms with van der Waals surface area (Å²) < 4.78 is 15.4. The van der Waals surface area contributed by atoms with Gasteiger partial charge in [0.2, 0.25) is 0 Å². The van der Waals surface area contributed by atoms with Crippen LogP contribution in [0.5, 0.6) is 11.5 Å². The third-order valence-corrected chi connectivity index (χ3v) is 4.27. The van der Waals surface area contributed by atoms with E-state index in [2.05, 4.69) is 4.74 Å². The van der Waals surface area contributed by atoms with E-state index in [9.17, 15) is 24.8 Å². The zero-order valence-corrected chi connectivity index (χ0v) is 17.7. The number of aliphatic hydroxyl groups excluding tert-OH is 1. The number of methoxy groups -OCH3 is 2. The number of carbonyl (C=O) groups is 2. The molecule has 1 aromatic carbocycles. The van der Waals surface area contributed by atoms with Crippen LogP contribution >= 0.6 is 0 Å². The van der Waals surface area contributed by atoms with Crippen LogP contribution in [0.25, 0.3) is 0 Å². The highest BCUT2D eigenvalue weighted by atomic mass is 16.6. The van der Waals surface area contributed by atoms with Crippen LogP contribution in [-0.2, 0) is 9.53 Å². The molecule has 0 saturated heterocycles. The van der Waals surface area contributed by atoms with E-state index in [1.54, 1.807) is 6.92 Å². The Morgan fingerprint density at radius 3 is 2.43 bits per heavy atom. The first kappa shape index (κ1) is 24.9. The number of aliphatic hydroxyl groups is 1. The Balaban J connectivity index is 3.36. The number of hydrogen-bond acceptors (Lipinski definition) is 8. The minimum atomic E-state index is -0.821. The maximum atomic E-state index is 13.0. The average Bonchev–Trinajstić information content (AvgIpc) is 2.75. The normalized spacial score (nSPS) is 11.0. The zero-order chi connectivity index (χ0) is 22.7. The van der Waals surface area contributed by atoms with E-state index in [1.165, 1.54) is 26.5 Å². The van der Waals surface area contributed by atoms with Crippen molar-refractivity contribution in [3.63, 3.8) is 0 Å². The number of esters is 1. The lowest BCUT2D eigenvalue weighted by molar-refractivity contribution is -0.385. The van der Waals surface area contributed by atoms with Crippen molar-refractivity contribution < 1.29 is 33.8 Å². The Morgan fingerprint density at radius 2 is 1.93 bits per heavy atom. The van der Waals surface area contributed by atoms with Gasteiger partial charge in [-0.1, -0.05) is 20.3 Å². The molecule has 0 unspecified atom stereocenters. The van der Waals surface area contributed by atoms with Gasteiger partial charge >= 0.3 is 5.97 Å². The van der Waals surface area contributed by atoms with Crippen molar-refractivity contribution in [3.05, 3.63) is 39.6 Å². The lowest BCUT2D eigenvalue weighted by Gasteiger charge is -2.19. The number of nitro benzene ring substituents is 1. The molecule has 0 radical (unpaired) electrons. The second-order valence-electron chi connectivity index (χ2n) is 6.29. The van der Waals surface area contributed by atoms with Crippen molar-refractivity contribution in [3.8, 4) is 11.5 Å². The number of hydrogen-bond donors (Lipinski definition) is 1. The minimum absolute atomic E-state index is 0.0770. The predicted octanol–water partition coefficient (Wildman–Crippen LogP) is 3.03. The molecule has 0 fully saturated rings. The van der Waals surface area contributed by atoms with Gasteiger partial charge in [-0.15, -0.1) is 0 Å². The van der Waals surface area contributed by atoms with Crippen LogP contribution < -0.4 is 9.47 Å². The number of amides is 1. The summed E-state index contributed by atoms with van der Waals surface area (Å²) in [6.07, 6.45) is 3.26. The Kier molecular flexibility index (Phi) is 10.3. The Labute approximate surface area is 175 Å². The average molecular weight is 424 g/mol. The third kappa shape index (κ3) is 6.73. The second-order valence-corrected chi connectivity index (χ2v) is 6.29. The van der Waals surface area contributed by atoms with Crippen molar-refractivity contribution in [1.29, 1.82) is 0 Å². The van der Waals surface area contributed by atoms with Gasteiger partial charge in [0.1, 0.15) is 12.3 Å². The molecule has 10 nitrogen and oxygen atoms in total. The molecule has 1 rings (SSSR count). The van der Waals surface area contributed by atoms with Crippen molar-refractivity contribution in [1.82, 2.24) is 4.90 Å². The van der Waals surface area contributed by atoms with Gasteiger partial charge in [0.05, 0.1) is 38.2 Å². The van der Waals surface area contributed by atoms with Gasteiger partial charge < -0.3 is 19.3 Å². The topological polar surface area (TPSA) is 128 Å². The number of rotatable bonds is 12. The molecule has 10 heteroatoms. The first-order valence-electron chi connectivity index (χ1n) is 9.50. The molecule has 0 heterocycles. The molecule has 0 aliphatic rings. The van der Waals surface area contributed by atoms with E-state index in [1.807, 2.05) is 6.92 Å². The zero-order valence-electron chi connectivity index (χ0n) is 17.7. The van der Waals surface area contributed by atoms with E-state index in [-0.39, 0.29) is 23.5 Å². The van der Waals surface area contributed by atoms with Crippen LogP contribution in [0.15, 0.2) is 23.9 Å². The Hall–Kier alpha value is -3.14. The summed E-state index contributed by atoms with van der Waals surface area (Å²) in [7, 11) is 2.60. The van der Waals surface area contributed by atoms with Crippen LogP contribution in [0.4, 0.5) is 5.69 Å². The van der Waals surface area contributed by atoms with Crippen LogP contribution in [0, 0.1) is 10.1 Å². The standard InChI is InChI=1S/C20H28N2O8/c1-5-7-8-30-18-11-16(22(26)27)15(10-17(18)28-3)20(25)21(13-23)12-14(6-2)9-19(24)29-4/h10-12,23H,5-9,13H2,1-4H3/b14-12+. The fourth-order valence-corrected chi connectivity index (χ4v) is 2.53. The highest BCUT2D eigenvalue weighted by molar-refractivity contribution is 5.99. The lowest BCUT2D eigenvalue weighted by atomic mass is 10.1. The fraction of sp³-hybridized carbons (Fsp3) is 0.500. The first-order valence-corrected chi connectivity index (χ1v) is 9.50. The van der Waals surface area contributed by atoms with Crippen LogP contribution in [0.3, 0.4) is 0 Å². The van der Waals surface area contributed by atoms with Crippen LogP contribution in [-0.4, -0.2) is 54.4 Å². The first-order chi connectivity index (χ1) is 14.3. The maximum Gasteiger partial charge on any atom is 0.309 e. The van der Waals surface area contributed by atoms with E-state index in [0.717, 1.165) is 23.8 Å². The van der Waals surface area contributed by atoms with Crippen molar-refractivity contribution >= 4 is 17.6 Å². The van der Waals surface area contributed by atoms with Gasteiger partial charge in [0.15, 0.2) is 11.5 Å². The lowest BCUT2D eigenvalue weighted by Crippen LogP contribution is -2.28. The Bertz CT molecular complexity index is 791. The molecule has 0 aromatic heterocycles. The van der Waals surface area contributed by atoms with Crippen molar-refractivity contribution in [2.24, 2.45) is 0 Å². The minimum Gasteiger partial charge on any atom is -0.493 e. The molecule has 0 aliphatic carbocycles. The predicted molar refractivity (Wildman–Crippen MR) is 108 cm³/mol. The molecule has 0 spiro atoms. The molecule has 1 aromatic rings.